The molecule has 0 amide bonds. The molecule has 6 heteroatoms. The van der Waals surface area contributed by atoms with Gasteiger partial charge in [-0.05, 0) is 43.2 Å². The molecular formula is C18H19F2N3O. The first-order chi connectivity index (χ1) is 11.5. The maximum atomic E-state index is 13.3. The molecule has 2 atom stereocenters. The number of fused-ring (bicyclic) bond motifs is 1. The lowest BCUT2D eigenvalue weighted by molar-refractivity contribution is 0.134. The van der Waals surface area contributed by atoms with Crippen molar-refractivity contribution in [2.24, 2.45) is 0 Å². The summed E-state index contributed by atoms with van der Waals surface area (Å²) in [5.41, 5.74) is 3.27. The van der Waals surface area contributed by atoms with Crippen LogP contribution < -0.4 is 5.32 Å². The molecule has 0 aliphatic heterocycles. The Morgan fingerprint density at radius 3 is 2.75 bits per heavy atom. The zero-order valence-corrected chi connectivity index (χ0v) is 13.5. The van der Waals surface area contributed by atoms with Gasteiger partial charge >= 0.3 is 0 Å². The molecule has 0 spiro atoms. The molecule has 0 saturated carbocycles. The molecule has 4 nitrogen and oxygen atoms in total. The Kier molecular flexibility index (Phi) is 4.59. The Hall–Kier alpha value is -2.31. The molecule has 0 bridgehead atoms. The van der Waals surface area contributed by atoms with Gasteiger partial charge in [-0.2, -0.15) is 0 Å². The third-order valence-corrected chi connectivity index (χ3v) is 4.09. The van der Waals surface area contributed by atoms with E-state index in [4.69, 9.17) is 0 Å². The molecule has 0 aliphatic rings. The van der Waals surface area contributed by atoms with Gasteiger partial charge in [0.25, 0.3) is 0 Å². The number of benzene rings is 1. The fourth-order valence-corrected chi connectivity index (χ4v) is 2.63. The topological polar surface area (TPSA) is 49.6 Å². The number of halogens is 2. The Morgan fingerprint density at radius 1 is 1.21 bits per heavy atom. The van der Waals surface area contributed by atoms with Crippen LogP contribution in [0.25, 0.3) is 5.65 Å². The molecule has 3 aromatic rings. The van der Waals surface area contributed by atoms with E-state index in [9.17, 15) is 13.9 Å². The fraction of sp³-hybridized carbons (Fsp3) is 0.278. The van der Waals surface area contributed by atoms with E-state index in [1.165, 1.54) is 6.07 Å². The zero-order chi connectivity index (χ0) is 17.3. The van der Waals surface area contributed by atoms with Crippen LogP contribution >= 0.6 is 0 Å². The average Bonchev–Trinajstić information content (AvgIpc) is 2.96. The van der Waals surface area contributed by atoms with Crippen LogP contribution in [0, 0.1) is 18.6 Å². The first-order valence-electron chi connectivity index (χ1n) is 7.74. The van der Waals surface area contributed by atoms with Crippen LogP contribution in [0.2, 0.25) is 0 Å². The van der Waals surface area contributed by atoms with E-state index in [1.807, 2.05) is 29.7 Å². The number of pyridine rings is 1. The van der Waals surface area contributed by atoms with E-state index in [0.29, 0.717) is 12.1 Å². The van der Waals surface area contributed by atoms with Gasteiger partial charge in [0.15, 0.2) is 11.6 Å². The maximum absolute atomic E-state index is 13.3. The standard InChI is InChI=1S/C18H19F2N3O/c1-11-3-6-17-22-9-14(23(17)10-11)8-21-12(2)18(24)13-4-5-15(19)16(20)7-13/h3-7,9-10,12,18,21,24H,8H2,1-2H3. The summed E-state index contributed by atoms with van der Waals surface area (Å²) in [7, 11) is 0. The summed E-state index contributed by atoms with van der Waals surface area (Å²) in [6.45, 7) is 4.29. The number of aliphatic hydroxyl groups excluding tert-OH is 1. The lowest BCUT2D eigenvalue weighted by Crippen LogP contribution is -2.32. The number of nitrogens with zero attached hydrogens (tertiary/aromatic N) is 2. The van der Waals surface area contributed by atoms with Crippen molar-refractivity contribution in [3.8, 4) is 0 Å². The van der Waals surface area contributed by atoms with Crippen LogP contribution in [0.4, 0.5) is 8.78 Å². The predicted octanol–water partition coefficient (Wildman–Crippen LogP) is 3.13. The average molecular weight is 331 g/mol. The Labute approximate surface area is 138 Å². The minimum absolute atomic E-state index is 0.336. The highest BCUT2D eigenvalue weighted by atomic mass is 19.2. The number of hydrogen-bond donors (Lipinski definition) is 2. The van der Waals surface area contributed by atoms with Crippen LogP contribution in [0.15, 0.2) is 42.7 Å². The minimum Gasteiger partial charge on any atom is -0.387 e. The highest BCUT2D eigenvalue weighted by Gasteiger charge is 2.18. The Morgan fingerprint density at radius 2 is 2.00 bits per heavy atom. The normalized spacial score (nSPS) is 14.0. The summed E-state index contributed by atoms with van der Waals surface area (Å²) in [4.78, 5) is 4.33. The fourth-order valence-electron chi connectivity index (χ4n) is 2.63. The second-order valence-corrected chi connectivity index (χ2v) is 5.97. The van der Waals surface area contributed by atoms with Crippen molar-refractivity contribution in [3.05, 3.63) is 71.2 Å². The highest BCUT2D eigenvalue weighted by molar-refractivity contribution is 5.41. The maximum Gasteiger partial charge on any atom is 0.159 e. The molecule has 0 saturated heterocycles. The van der Waals surface area contributed by atoms with Crippen molar-refractivity contribution < 1.29 is 13.9 Å². The Balaban J connectivity index is 1.70. The molecule has 0 aliphatic carbocycles. The molecule has 0 radical (unpaired) electrons. The van der Waals surface area contributed by atoms with Gasteiger partial charge in [-0.3, -0.25) is 0 Å². The summed E-state index contributed by atoms with van der Waals surface area (Å²) >= 11 is 0. The van der Waals surface area contributed by atoms with Gasteiger partial charge < -0.3 is 14.8 Å². The van der Waals surface area contributed by atoms with Gasteiger partial charge in [0.1, 0.15) is 5.65 Å². The zero-order valence-electron chi connectivity index (χ0n) is 13.5. The number of aryl methyl sites for hydroxylation is 1. The van der Waals surface area contributed by atoms with Crippen molar-refractivity contribution in [1.82, 2.24) is 14.7 Å². The number of rotatable bonds is 5. The summed E-state index contributed by atoms with van der Waals surface area (Å²) in [6.07, 6.45) is 2.83. The van der Waals surface area contributed by atoms with Crippen molar-refractivity contribution in [2.75, 3.05) is 0 Å². The van der Waals surface area contributed by atoms with Gasteiger partial charge in [-0.25, -0.2) is 13.8 Å². The second-order valence-electron chi connectivity index (χ2n) is 5.97. The van der Waals surface area contributed by atoms with Crippen LogP contribution in [-0.2, 0) is 6.54 Å². The van der Waals surface area contributed by atoms with Crippen molar-refractivity contribution in [1.29, 1.82) is 0 Å². The molecule has 126 valence electrons. The third-order valence-electron chi connectivity index (χ3n) is 4.09. The molecule has 2 N–H and O–H groups in total. The molecule has 2 aromatic heterocycles. The van der Waals surface area contributed by atoms with Gasteiger partial charge in [0.2, 0.25) is 0 Å². The van der Waals surface area contributed by atoms with Gasteiger partial charge in [0, 0.05) is 18.8 Å². The van der Waals surface area contributed by atoms with Crippen LogP contribution in [0.3, 0.4) is 0 Å². The molecule has 2 unspecified atom stereocenters. The van der Waals surface area contributed by atoms with Crippen LogP contribution in [0.5, 0.6) is 0 Å². The summed E-state index contributed by atoms with van der Waals surface area (Å²) in [5.74, 6) is -1.89. The van der Waals surface area contributed by atoms with Crippen LogP contribution in [-0.4, -0.2) is 20.5 Å². The summed E-state index contributed by atoms with van der Waals surface area (Å²) in [6, 6.07) is 7.03. The third kappa shape index (κ3) is 3.29. The number of aromatic nitrogens is 2. The van der Waals surface area contributed by atoms with Crippen molar-refractivity contribution in [3.63, 3.8) is 0 Å². The SMILES string of the molecule is Cc1ccc2ncc(CNC(C)C(O)c3ccc(F)c(F)c3)n2c1. The van der Waals surface area contributed by atoms with E-state index in [2.05, 4.69) is 10.3 Å². The van der Waals surface area contributed by atoms with E-state index >= 15 is 0 Å². The molecule has 0 fully saturated rings. The largest absolute Gasteiger partial charge is 0.387 e. The van der Waals surface area contributed by atoms with Crippen LogP contribution in [0.1, 0.15) is 29.8 Å². The first kappa shape index (κ1) is 16.5. The van der Waals surface area contributed by atoms with E-state index in [-0.39, 0.29) is 6.04 Å². The lowest BCUT2D eigenvalue weighted by atomic mass is 10.0. The summed E-state index contributed by atoms with van der Waals surface area (Å²) < 4.78 is 28.3. The minimum atomic E-state index is -0.962. The van der Waals surface area contributed by atoms with E-state index < -0.39 is 17.7 Å². The second kappa shape index (κ2) is 6.67. The monoisotopic (exact) mass is 331 g/mol. The summed E-state index contributed by atoms with van der Waals surface area (Å²) in [5, 5.41) is 13.5. The highest BCUT2D eigenvalue weighted by Crippen LogP contribution is 2.19. The van der Waals surface area contributed by atoms with Crippen molar-refractivity contribution >= 4 is 5.65 Å². The molecular weight excluding hydrogens is 312 g/mol. The lowest BCUT2D eigenvalue weighted by Gasteiger charge is -2.20. The number of imidazole rings is 1. The smallest absolute Gasteiger partial charge is 0.159 e. The molecule has 24 heavy (non-hydrogen) atoms. The van der Waals surface area contributed by atoms with Crippen molar-refractivity contribution in [2.45, 2.75) is 32.5 Å². The number of aliphatic hydroxyl groups is 1. The van der Waals surface area contributed by atoms with Gasteiger partial charge in [0.05, 0.1) is 18.0 Å². The van der Waals surface area contributed by atoms with Gasteiger partial charge in [-0.15, -0.1) is 0 Å². The quantitative estimate of drug-likeness (QED) is 0.755. The molecule has 1 aromatic carbocycles. The van der Waals surface area contributed by atoms with Gasteiger partial charge in [-0.1, -0.05) is 12.1 Å². The predicted molar refractivity (Wildman–Crippen MR) is 87.5 cm³/mol. The molecule has 3 rings (SSSR count). The first-order valence-corrected chi connectivity index (χ1v) is 7.74. The van der Waals surface area contributed by atoms with E-state index in [1.54, 1.807) is 13.1 Å². The number of nitrogens with one attached hydrogen (secondary N) is 1. The Bertz CT molecular complexity index is 863. The van der Waals surface area contributed by atoms with E-state index in [0.717, 1.165) is 29.0 Å². The molecule has 2 heterocycles. The number of hydrogen-bond acceptors (Lipinski definition) is 3.